The van der Waals surface area contributed by atoms with E-state index in [1.165, 1.54) is 17.3 Å². The number of carbonyl (C=O) groups is 3. The highest BCUT2D eigenvalue weighted by Crippen LogP contribution is 2.38. The number of amides is 3. The van der Waals surface area contributed by atoms with Gasteiger partial charge in [0.2, 0.25) is 5.91 Å². The van der Waals surface area contributed by atoms with Gasteiger partial charge in [0.1, 0.15) is 24.2 Å². The Hall–Kier alpha value is -5.80. The highest BCUT2D eigenvalue weighted by molar-refractivity contribution is 8.00. The molecule has 5 aromatic rings. The molecule has 0 bridgehead atoms. The van der Waals surface area contributed by atoms with E-state index in [0.717, 1.165) is 16.0 Å². The molecular weight excluding hydrogens is 647 g/mol. The first-order valence-corrected chi connectivity index (χ1v) is 17.2. The number of hydrogen-bond acceptors (Lipinski definition) is 6. The highest BCUT2D eigenvalue weighted by atomic mass is 32.2. The molecule has 1 atom stereocenters. The average Bonchev–Trinajstić information content (AvgIpc) is 3.14. The topological polar surface area (TPSA) is 106 Å². The maximum Gasteiger partial charge on any atom is 0.272 e. The maximum atomic E-state index is 13.8. The standard InChI is InChI=1S/C41H37N3O5S/c1-27(2)29-18-16-28(17-19-29)24-35(44-39(45)31-12-7-4-8-13-31)40(46)42-32-14-9-15-34(25-32)50-38(30-10-5-3-6-11-30)41(47)43-33-20-21-36-37(26-33)49-23-22-48-36/h3-21,24-27,38H,22-23H2,1-2H3,(H,42,46)(H,43,47)(H,44,45)/b35-24+. The van der Waals surface area contributed by atoms with Gasteiger partial charge in [-0.3, -0.25) is 14.4 Å². The third-order valence-electron chi connectivity index (χ3n) is 7.94. The van der Waals surface area contributed by atoms with E-state index in [9.17, 15) is 14.4 Å². The number of thioether (sulfide) groups is 1. The summed E-state index contributed by atoms with van der Waals surface area (Å²) in [6, 6.07) is 38.7. The van der Waals surface area contributed by atoms with E-state index >= 15 is 0 Å². The maximum absolute atomic E-state index is 13.8. The van der Waals surface area contributed by atoms with Gasteiger partial charge in [0.25, 0.3) is 11.8 Å². The van der Waals surface area contributed by atoms with E-state index in [4.69, 9.17) is 9.47 Å². The average molecular weight is 684 g/mol. The van der Waals surface area contributed by atoms with E-state index < -0.39 is 17.1 Å². The summed E-state index contributed by atoms with van der Waals surface area (Å²) in [5.41, 5.74) is 4.39. The van der Waals surface area contributed by atoms with Crippen LogP contribution in [0, 0.1) is 0 Å². The van der Waals surface area contributed by atoms with Crippen LogP contribution in [0.5, 0.6) is 11.5 Å². The van der Waals surface area contributed by atoms with Crippen LogP contribution in [0.2, 0.25) is 0 Å². The summed E-state index contributed by atoms with van der Waals surface area (Å²) in [5.74, 6) is 0.487. The van der Waals surface area contributed by atoms with Crippen LogP contribution in [0.4, 0.5) is 11.4 Å². The second-order valence-corrected chi connectivity index (χ2v) is 13.1. The summed E-state index contributed by atoms with van der Waals surface area (Å²) in [6.45, 7) is 5.16. The Bertz CT molecular complexity index is 2000. The Morgan fingerprint density at radius 1 is 0.680 bits per heavy atom. The van der Waals surface area contributed by atoms with Crippen LogP contribution in [0.1, 0.15) is 52.1 Å². The van der Waals surface area contributed by atoms with Gasteiger partial charge < -0.3 is 25.4 Å². The van der Waals surface area contributed by atoms with Crippen molar-refractivity contribution >= 4 is 46.9 Å². The van der Waals surface area contributed by atoms with Crippen molar-refractivity contribution in [3.8, 4) is 11.5 Å². The largest absolute Gasteiger partial charge is 0.486 e. The van der Waals surface area contributed by atoms with Gasteiger partial charge in [0.15, 0.2) is 11.5 Å². The predicted molar refractivity (Wildman–Crippen MR) is 199 cm³/mol. The summed E-state index contributed by atoms with van der Waals surface area (Å²) in [5, 5.41) is 8.16. The van der Waals surface area contributed by atoms with Gasteiger partial charge in [-0.2, -0.15) is 0 Å². The molecule has 5 aromatic carbocycles. The van der Waals surface area contributed by atoms with E-state index in [2.05, 4.69) is 29.8 Å². The minimum absolute atomic E-state index is 0.0928. The summed E-state index contributed by atoms with van der Waals surface area (Å²) >= 11 is 1.36. The number of anilines is 2. The summed E-state index contributed by atoms with van der Waals surface area (Å²) in [6.07, 6.45) is 1.66. The Balaban J connectivity index is 1.22. The van der Waals surface area contributed by atoms with Gasteiger partial charge in [0.05, 0.1) is 0 Å². The van der Waals surface area contributed by atoms with Gasteiger partial charge in [-0.15, -0.1) is 11.8 Å². The van der Waals surface area contributed by atoms with E-state index in [-0.39, 0.29) is 11.6 Å². The van der Waals surface area contributed by atoms with Gasteiger partial charge in [-0.1, -0.05) is 92.7 Å². The molecule has 0 radical (unpaired) electrons. The zero-order valence-electron chi connectivity index (χ0n) is 27.7. The summed E-state index contributed by atoms with van der Waals surface area (Å²) < 4.78 is 11.3. The molecule has 9 heteroatoms. The third-order valence-corrected chi connectivity index (χ3v) is 9.19. The zero-order chi connectivity index (χ0) is 34.9. The smallest absolute Gasteiger partial charge is 0.272 e. The monoisotopic (exact) mass is 683 g/mol. The predicted octanol–water partition coefficient (Wildman–Crippen LogP) is 8.46. The first-order valence-electron chi connectivity index (χ1n) is 16.3. The van der Waals surface area contributed by atoms with Crippen molar-refractivity contribution in [1.29, 1.82) is 0 Å². The molecular formula is C41H37N3O5S. The second-order valence-electron chi connectivity index (χ2n) is 11.9. The molecule has 1 aliphatic heterocycles. The molecule has 0 aromatic heterocycles. The zero-order valence-corrected chi connectivity index (χ0v) is 28.5. The van der Waals surface area contributed by atoms with Crippen molar-refractivity contribution in [2.75, 3.05) is 23.8 Å². The molecule has 0 aliphatic carbocycles. The Kier molecular flexibility index (Phi) is 10.9. The fourth-order valence-corrected chi connectivity index (χ4v) is 6.38. The van der Waals surface area contributed by atoms with E-state index in [0.29, 0.717) is 47.6 Å². The fourth-order valence-electron chi connectivity index (χ4n) is 5.30. The lowest BCUT2D eigenvalue weighted by Crippen LogP contribution is -2.30. The minimum atomic E-state index is -0.607. The minimum Gasteiger partial charge on any atom is -0.486 e. The Morgan fingerprint density at radius 3 is 2.08 bits per heavy atom. The third kappa shape index (κ3) is 8.80. The van der Waals surface area contributed by atoms with Crippen LogP contribution in [-0.4, -0.2) is 30.9 Å². The fraction of sp³-hybridized carbons (Fsp3) is 0.146. The Morgan fingerprint density at radius 2 is 1.36 bits per heavy atom. The van der Waals surface area contributed by atoms with Gasteiger partial charge in [0, 0.05) is 27.9 Å². The molecule has 50 heavy (non-hydrogen) atoms. The van der Waals surface area contributed by atoms with Crippen LogP contribution >= 0.6 is 11.8 Å². The number of hydrogen-bond donors (Lipinski definition) is 3. The number of rotatable bonds is 11. The Labute approximate surface area is 295 Å². The van der Waals surface area contributed by atoms with Crippen molar-refractivity contribution in [3.05, 3.63) is 155 Å². The van der Waals surface area contributed by atoms with Crippen molar-refractivity contribution < 1.29 is 23.9 Å². The normalized spacial score (nSPS) is 12.9. The lowest BCUT2D eigenvalue weighted by Gasteiger charge is -2.20. The molecule has 1 unspecified atom stereocenters. The lowest BCUT2D eigenvalue weighted by molar-refractivity contribution is -0.116. The molecule has 8 nitrogen and oxygen atoms in total. The van der Waals surface area contributed by atoms with Gasteiger partial charge in [-0.25, -0.2) is 0 Å². The van der Waals surface area contributed by atoms with Crippen molar-refractivity contribution in [2.45, 2.75) is 29.9 Å². The van der Waals surface area contributed by atoms with Crippen LogP contribution in [0.15, 0.2) is 138 Å². The molecule has 3 amide bonds. The first-order chi connectivity index (χ1) is 24.3. The lowest BCUT2D eigenvalue weighted by atomic mass is 10.0. The van der Waals surface area contributed by atoms with Crippen LogP contribution in [0.3, 0.4) is 0 Å². The van der Waals surface area contributed by atoms with Crippen molar-refractivity contribution in [2.24, 2.45) is 0 Å². The molecule has 1 aliphatic rings. The van der Waals surface area contributed by atoms with Crippen LogP contribution < -0.4 is 25.4 Å². The summed E-state index contributed by atoms with van der Waals surface area (Å²) in [7, 11) is 0. The molecule has 1 heterocycles. The number of fused-ring (bicyclic) bond motifs is 1. The highest BCUT2D eigenvalue weighted by Gasteiger charge is 2.24. The van der Waals surface area contributed by atoms with E-state index in [1.54, 1.807) is 54.6 Å². The number of nitrogens with one attached hydrogen (secondary N) is 3. The second kappa shape index (κ2) is 16.1. The molecule has 0 saturated heterocycles. The number of ether oxygens (including phenoxy) is 2. The SMILES string of the molecule is CC(C)c1ccc(/C=C(/NC(=O)c2ccccc2)C(=O)Nc2cccc(SC(C(=O)Nc3ccc4c(c3)OCCO4)c3ccccc3)c2)cc1. The van der Waals surface area contributed by atoms with Crippen molar-refractivity contribution in [3.63, 3.8) is 0 Å². The molecule has 0 saturated carbocycles. The molecule has 0 spiro atoms. The quantitative estimate of drug-likeness (QED) is 0.0953. The molecule has 3 N–H and O–H groups in total. The van der Waals surface area contributed by atoms with E-state index in [1.807, 2.05) is 78.9 Å². The molecule has 0 fully saturated rings. The van der Waals surface area contributed by atoms with Crippen molar-refractivity contribution in [1.82, 2.24) is 5.32 Å². The number of benzene rings is 5. The van der Waals surface area contributed by atoms with Gasteiger partial charge in [-0.05, 0) is 71.1 Å². The number of carbonyl (C=O) groups excluding carboxylic acids is 3. The summed E-state index contributed by atoms with van der Waals surface area (Å²) in [4.78, 5) is 41.4. The first kappa shape index (κ1) is 34.1. The van der Waals surface area contributed by atoms with Gasteiger partial charge >= 0.3 is 0 Å². The van der Waals surface area contributed by atoms with Crippen LogP contribution in [0.25, 0.3) is 6.08 Å². The molecule has 252 valence electrons. The van der Waals surface area contributed by atoms with Crippen LogP contribution in [-0.2, 0) is 9.59 Å². The molecule has 6 rings (SSSR count).